The van der Waals surface area contributed by atoms with Crippen molar-refractivity contribution in [3.8, 4) is 0 Å². The maximum atomic E-state index is 4.40. The van der Waals surface area contributed by atoms with E-state index < -0.39 is 0 Å². The molecule has 2 heterocycles. The van der Waals surface area contributed by atoms with E-state index >= 15 is 0 Å². The second kappa shape index (κ2) is 3.55. The smallest absolute Gasteiger partial charge is 0.0290 e. The predicted molar refractivity (Wildman–Crippen MR) is 45.7 cm³/mol. The van der Waals surface area contributed by atoms with Crippen molar-refractivity contribution < 1.29 is 0 Å². The molecule has 0 aliphatic carbocycles. The quantitative estimate of drug-likeness (QED) is 0.546. The maximum Gasteiger partial charge on any atom is 0.0290 e. The van der Waals surface area contributed by atoms with Gasteiger partial charge in [-0.15, -0.1) is 0 Å². The van der Waals surface area contributed by atoms with Crippen molar-refractivity contribution in [2.45, 2.75) is 31.7 Å². The van der Waals surface area contributed by atoms with Gasteiger partial charge in [-0.3, -0.25) is 4.90 Å². The number of hydrogen-bond acceptors (Lipinski definition) is 1. The Bertz CT molecular complexity index is 113. The van der Waals surface area contributed by atoms with Crippen molar-refractivity contribution in [3.63, 3.8) is 0 Å². The largest absolute Gasteiger partial charge is 0.299 e. The minimum Gasteiger partial charge on any atom is -0.299 e. The fraction of sp³-hybridized carbons (Fsp3) is 1.00. The van der Waals surface area contributed by atoms with Gasteiger partial charge in [-0.05, 0) is 32.4 Å². The lowest BCUT2D eigenvalue weighted by Gasteiger charge is -2.31. The van der Waals surface area contributed by atoms with E-state index in [9.17, 15) is 0 Å². The summed E-state index contributed by atoms with van der Waals surface area (Å²) >= 11 is 0. The number of piperidine rings is 1. The Kier molecular flexibility index (Phi) is 2.44. The zero-order valence-corrected chi connectivity index (χ0v) is 7.13. The SMILES string of the molecule is C1CCN([C@@H]2CC[N]C2)CC1. The molecule has 0 spiro atoms. The molecule has 0 bridgehead atoms. The molecule has 63 valence electrons. The van der Waals surface area contributed by atoms with Crippen molar-refractivity contribution in [2.24, 2.45) is 0 Å². The van der Waals surface area contributed by atoms with Gasteiger partial charge in [0.1, 0.15) is 0 Å². The third-order valence-corrected chi connectivity index (χ3v) is 2.87. The first-order valence-electron chi connectivity index (χ1n) is 4.84. The van der Waals surface area contributed by atoms with E-state index in [1.807, 2.05) is 0 Å². The van der Waals surface area contributed by atoms with Gasteiger partial charge in [-0.25, -0.2) is 5.32 Å². The first-order chi connectivity index (χ1) is 5.47. The van der Waals surface area contributed by atoms with Crippen LogP contribution in [0.15, 0.2) is 0 Å². The Balaban J connectivity index is 1.82. The van der Waals surface area contributed by atoms with E-state index in [0.717, 1.165) is 19.1 Å². The normalized spacial score (nSPS) is 34.4. The van der Waals surface area contributed by atoms with Gasteiger partial charge in [0.05, 0.1) is 0 Å². The molecule has 2 aliphatic heterocycles. The molecule has 2 rings (SSSR count). The average molecular weight is 153 g/mol. The van der Waals surface area contributed by atoms with E-state index in [-0.39, 0.29) is 0 Å². The molecule has 1 atom stereocenters. The predicted octanol–water partition coefficient (Wildman–Crippen LogP) is 0.849. The molecule has 2 nitrogen and oxygen atoms in total. The number of nitrogens with zero attached hydrogens (tertiary/aromatic N) is 2. The van der Waals surface area contributed by atoms with Gasteiger partial charge in [0.15, 0.2) is 0 Å². The van der Waals surface area contributed by atoms with Crippen LogP contribution in [-0.2, 0) is 0 Å². The maximum absolute atomic E-state index is 4.40. The van der Waals surface area contributed by atoms with Gasteiger partial charge in [0, 0.05) is 19.1 Å². The van der Waals surface area contributed by atoms with E-state index in [0.29, 0.717) is 0 Å². The number of hydrogen-bond donors (Lipinski definition) is 0. The fourth-order valence-corrected chi connectivity index (χ4v) is 2.15. The second-order valence-electron chi connectivity index (χ2n) is 3.67. The summed E-state index contributed by atoms with van der Waals surface area (Å²) in [5, 5.41) is 4.40. The van der Waals surface area contributed by atoms with Crippen LogP contribution in [0.5, 0.6) is 0 Å². The van der Waals surface area contributed by atoms with Gasteiger partial charge in [0.2, 0.25) is 0 Å². The average Bonchev–Trinajstić information content (AvgIpc) is 2.58. The molecule has 11 heavy (non-hydrogen) atoms. The summed E-state index contributed by atoms with van der Waals surface area (Å²) in [5.41, 5.74) is 0. The summed E-state index contributed by atoms with van der Waals surface area (Å²) in [6.45, 7) is 4.89. The first kappa shape index (κ1) is 7.56. The monoisotopic (exact) mass is 153 g/mol. The third-order valence-electron chi connectivity index (χ3n) is 2.87. The van der Waals surface area contributed by atoms with Crippen molar-refractivity contribution in [3.05, 3.63) is 0 Å². The van der Waals surface area contributed by atoms with Gasteiger partial charge in [0.25, 0.3) is 0 Å². The molecule has 0 aromatic rings. The van der Waals surface area contributed by atoms with Crippen LogP contribution in [0.4, 0.5) is 0 Å². The van der Waals surface area contributed by atoms with Crippen molar-refractivity contribution in [1.82, 2.24) is 10.2 Å². The third kappa shape index (κ3) is 1.74. The van der Waals surface area contributed by atoms with E-state index in [1.54, 1.807) is 0 Å². The Morgan fingerprint density at radius 1 is 1.09 bits per heavy atom. The molecule has 2 aliphatic rings. The number of rotatable bonds is 1. The molecule has 2 heteroatoms. The van der Waals surface area contributed by atoms with Gasteiger partial charge < -0.3 is 0 Å². The summed E-state index contributed by atoms with van der Waals surface area (Å²) in [4.78, 5) is 2.64. The van der Waals surface area contributed by atoms with Crippen LogP contribution in [0.3, 0.4) is 0 Å². The standard InChI is InChI=1S/C9H17N2/c1-2-6-11(7-3-1)9-4-5-10-8-9/h9H,1-8H2/t9-/m1/s1. The summed E-state index contributed by atoms with van der Waals surface area (Å²) in [7, 11) is 0. The van der Waals surface area contributed by atoms with Crippen LogP contribution >= 0.6 is 0 Å². The lowest BCUT2D eigenvalue weighted by molar-refractivity contribution is 0.173. The Labute approximate surface area is 69.0 Å². The molecule has 0 aromatic carbocycles. The molecule has 0 aromatic heterocycles. The van der Waals surface area contributed by atoms with Crippen LogP contribution in [0.2, 0.25) is 0 Å². The highest BCUT2D eigenvalue weighted by molar-refractivity contribution is 4.81. The molecule has 0 unspecified atom stereocenters. The summed E-state index contributed by atoms with van der Waals surface area (Å²) < 4.78 is 0. The summed E-state index contributed by atoms with van der Waals surface area (Å²) in [6, 6.07) is 0.815. The van der Waals surface area contributed by atoms with Crippen molar-refractivity contribution in [2.75, 3.05) is 26.2 Å². The fourth-order valence-electron chi connectivity index (χ4n) is 2.15. The number of likely N-dealkylation sites (tertiary alicyclic amines) is 1. The Morgan fingerprint density at radius 2 is 1.91 bits per heavy atom. The molecule has 2 fully saturated rings. The molecule has 0 amide bonds. The lowest BCUT2D eigenvalue weighted by atomic mass is 10.1. The highest BCUT2D eigenvalue weighted by atomic mass is 15.2. The highest BCUT2D eigenvalue weighted by Crippen LogP contribution is 2.16. The zero-order valence-electron chi connectivity index (χ0n) is 7.13. The van der Waals surface area contributed by atoms with Crippen LogP contribution in [0.25, 0.3) is 0 Å². The Hall–Kier alpha value is -0.0800. The zero-order chi connectivity index (χ0) is 7.52. The van der Waals surface area contributed by atoms with Crippen molar-refractivity contribution in [1.29, 1.82) is 0 Å². The van der Waals surface area contributed by atoms with E-state index in [1.165, 1.54) is 38.8 Å². The molecule has 1 radical (unpaired) electrons. The second-order valence-corrected chi connectivity index (χ2v) is 3.67. The Morgan fingerprint density at radius 3 is 2.55 bits per heavy atom. The van der Waals surface area contributed by atoms with Gasteiger partial charge >= 0.3 is 0 Å². The molecule has 0 N–H and O–H groups in total. The van der Waals surface area contributed by atoms with E-state index in [2.05, 4.69) is 10.2 Å². The lowest BCUT2D eigenvalue weighted by Crippen LogP contribution is -2.39. The minimum atomic E-state index is 0.815. The first-order valence-corrected chi connectivity index (χ1v) is 4.84. The van der Waals surface area contributed by atoms with Crippen molar-refractivity contribution >= 4 is 0 Å². The van der Waals surface area contributed by atoms with E-state index in [4.69, 9.17) is 0 Å². The summed E-state index contributed by atoms with van der Waals surface area (Å²) in [6.07, 6.45) is 5.59. The highest BCUT2D eigenvalue weighted by Gasteiger charge is 2.23. The molecular weight excluding hydrogens is 136 g/mol. The van der Waals surface area contributed by atoms with Crippen LogP contribution < -0.4 is 5.32 Å². The summed E-state index contributed by atoms with van der Waals surface area (Å²) in [5.74, 6) is 0. The van der Waals surface area contributed by atoms with Crippen LogP contribution in [-0.4, -0.2) is 37.1 Å². The van der Waals surface area contributed by atoms with Gasteiger partial charge in [-0.2, -0.15) is 0 Å². The molecular formula is C9H17N2. The molecule has 0 saturated carbocycles. The molecule has 2 saturated heterocycles. The van der Waals surface area contributed by atoms with Gasteiger partial charge in [-0.1, -0.05) is 6.42 Å². The minimum absolute atomic E-state index is 0.815. The van der Waals surface area contributed by atoms with Crippen LogP contribution in [0.1, 0.15) is 25.7 Å². The topological polar surface area (TPSA) is 17.3 Å². The van der Waals surface area contributed by atoms with Crippen LogP contribution in [0, 0.1) is 0 Å².